The molecular weight excluding hydrogens is 296 g/mol. The second-order valence-electron chi connectivity index (χ2n) is 2.75. The molecule has 0 spiro atoms. The first kappa shape index (κ1) is 14.0. The van der Waals surface area contributed by atoms with E-state index in [1.54, 1.807) is 0 Å². The number of halogens is 3. The van der Waals surface area contributed by atoms with Gasteiger partial charge in [0, 0.05) is 15.6 Å². The average molecular weight is 300 g/mol. The van der Waals surface area contributed by atoms with Crippen LogP contribution in [0.5, 0.6) is 5.75 Å². The number of nitriles is 1. The van der Waals surface area contributed by atoms with Gasteiger partial charge in [0.05, 0.1) is 5.56 Å². The lowest BCUT2D eigenvalue weighted by Crippen LogP contribution is -2.04. The minimum absolute atomic E-state index is 0.241. The smallest absolute Gasteiger partial charge is 0.387 e. The van der Waals surface area contributed by atoms with Crippen LogP contribution in [-0.4, -0.2) is 15.0 Å². The lowest BCUT2D eigenvalue weighted by Gasteiger charge is -2.08. The van der Waals surface area contributed by atoms with E-state index in [4.69, 9.17) is 15.9 Å². The van der Waals surface area contributed by atoms with Crippen molar-refractivity contribution in [3.05, 3.63) is 17.7 Å². The highest BCUT2D eigenvalue weighted by Crippen LogP contribution is 2.31. The van der Waals surface area contributed by atoms with E-state index in [0.717, 1.165) is 12.1 Å². The summed E-state index contributed by atoms with van der Waals surface area (Å²) in [7, 11) is 0.898. The van der Waals surface area contributed by atoms with Crippen LogP contribution in [0.1, 0.15) is 5.56 Å². The van der Waals surface area contributed by atoms with Crippen molar-refractivity contribution in [1.29, 1.82) is 5.26 Å². The Kier molecular flexibility index (Phi) is 4.19. The van der Waals surface area contributed by atoms with Gasteiger partial charge in [-0.2, -0.15) is 14.0 Å². The number of benzene rings is 1. The molecule has 0 radical (unpaired) electrons. The quantitative estimate of drug-likeness (QED) is 0.687. The summed E-state index contributed by atoms with van der Waals surface area (Å²) in [5.74, 6) is -0.370. The second-order valence-corrected chi connectivity index (χ2v) is 5.73. The molecule has 92 valence electrons. The summed E-state index contributed by atoms with van der Waals surface area (Å²) in [5, 5.41) is 8.71. The Morgan fingerprint density at radius 3 is 2.47 bits per heavy atom. The molecule has 0 bridgehead atoms. The molecule has 17 heavy (non-hydrogen) atoms. The zero-order chi connectivity index (χ0) is 13.2. The highest BCUT2D eigenvalue weighted by molar-refractivity contribution is 8.14. The van der Waals surface area contributed by atoms with Crippen LogP contribution < -0.4 is 4.74 Å². The molecule has 0 saturated heterocycles. The zero-order valence-electron chi connectivity index (χ0n) is 7.89. The van der Waals surface area contributed by atoms with E-state index in [0.29, 0.717) is 0 Å². The average Bonchev–Trinajstić information content (AvgIpc) is 2.13. The van der Waals surface area contributed by atoms with E-state index < -0.39 is 26.1 Å². The monoisotopic (exact) mass is 299 g/mol. The topological polar surface area (TPSA) is 67.2 Å². The van der Waals surface area contributed by atoms with Crippen LogP contribution in [0.15, 0.2) is 21.9 Å². The van der Waals surface area contributed by atoms with Crippen LogP contribution in [0.2, 0.25) is 0 Å². The van der Waals surface area contributed by atoms with Crippen LogP contribution >= 0.6 is 23.3 Å². The molecule has 1 aromatic carbocycles. The maximum absolute atomic E-state index is 11.9. The van der Waals surface area contributed by atoms with Crippen LogP contribution in [0.25, 0.3) is 0 Å². The van der Waals surface area contributed by atoms with Gasteiger partial charge in [0.1, 0.15) is 16.7 Å². The molecule has 1 aromatic rings. The van der Waals surface area contributed by atoms with Gasteiger partial charge in [-0.05, 0) is 12.1 Å². The van der Waals surface area contributed by atoms with Crippen LogP contribution in [0, 0.1) is 11.3 Å². The van der Waals surface area contributed by atoms with Gasteiger partial charge in [0.15, 0.2) is 0 Å². The van der Waals surface area contributed by atoms with E-state index in [9.17, 15) is 17.2 Å². The Morgan fingerprint density at radius 2 is 2.06 bits per heavy atom. The van der Waals surface area contributed by atoms with Gasteiger partial charge < -0.3 is 4.74 Å². The van der Waals surface area contributed by atoms with Crippen LogP contribution in [0.4, 0.5) is 8.78 Å². The number of ether oxygens (including phenoxy) is 1. The molecule has 0 aliphatic heterocycles. The molecule has 1 rings (SSSR count). The molecule has 0 saturated carbocycles. The summed E-state index contributed by atoms with van der Waals surface area (Å²) in [6.45, 7) is -3.09. The largest absolute Gasteiger partial charge is 0.435 e. The molecule has 0 aromatic heterocycles. The molecule has 0 aliphatic rings. The maximum atomic E-state index is 11.9. The minimum atomic E-state index is -4.19. The van der Waals surface area contributed by atoms with Crippen LogP contribution in [-0.2, 0) is 9.05 Å². The Balaban J connectivity index is 3.43. The highest BCUT2D eigenvalue weighted by Gasteiger charge is 2.21. The molecule has 0 heterocycles. The third-order valence-corrected chi connectivity index (χ3v) is 3.53. The molecule has 0 unspecified atom stereocenters. The fourth-order valence-corrected chi connectivity index (χ4v) is 3.04. The first-order chi connectivity index (χ1) is 7.75. The van der Waals surface area contributed by atoms with Gasteiger partial charge in [-0.1, -0.05) is 0 Å². The molecule has 0 fully saturated rings. The first-order valence-electron chi connectivity index (χ1n) is 3.92. The summed E-state index contributed by atoms with van der Waals surface area (Å²) in [6.07, 6.45) is 0. The summed E-state index contributed by atoms with van der Waals surface area (Å²) < 4.78 is 50.2. The summed E-state index contributed by atoms with van der Waals surface area (Å²) in [4.78, 5) is -0.777. The van der Waals surface area contributed by atoms with E-state index in [2.05, 4.69) is 17.4 Å². The van der Waals surface area contributed by atoms with E-state index in [1.165, 1.54) is 6.07 Å². The third kappa shape index (κ3) is 3.46. The summed E-state index contributed by atoms with van der Waals surface area (Å²) in [5.41, 5.74) is -0.414. The lowest BCUT2D eigenvalue weighted by molar-refractivity contribution is -0.0500. The van der Waals surface area contributed by atoms with Crippen molar-refractivity contribution in [2.24, 2.45) is 0 Å². The summed E-state index contributed by atoms with van der Waals surface area (Å²) in [6, 6.07) is 3.30. The van der Waals surface area contributed by atoms with Gasteiger partial charge in [-0.25, -0.2) is 8.42 Å². The molecule has 0 amide bonds. The predicted molar refractivity (Wildman–Crippen MR) is 58.1 cm³/mol. The van der Waals surface area contributed by atoms with Crippen molar-refractivity contribution in [3.8, 4) is 11.8 Å². The Bertz CT molecular complexity index is 583. The van der Waals surface area contributed by atoms with Gasteiger partial charge in [-0.15, -0.1) is 12.6 Å². The normalized spacial score (nSPS) is 11.3. The number of nitrogens with zero attached hydrogens (tertiary/aromatic N) is 1. The van der Waals surface area contributed by atoms with Crippen molar-refractivity contribution in [2.75, 3.05) is 0 Å². The molecule has 9 heteroatoms. The van der Waals surface area contributed by atoms with Crippen molar-refractivity contribution >= 4 is 32.4 Å². The molecule has 0 N–H and O–H groups in total. The van der Waals surface area contributed by atoms with Gasteiger partial charge in [-0.3, -0.25) is 0 Å². The fraction of sp³-hybridized carbons (Fsp3) is 0.125. The SMILES string of the molecule is N#Cc1cc(OC(F)F)cc(S)c1S(=O)(=O)Cl. The number of alkyl halides is 2. The van der Waals surface area contributed by atoms with E-state index in [-0.39, 0.29) is 10.6 Å². The van der Waals surface area contributed by atoms with Crippen molar-refractivity contribution in [3.63, 3.8) is 0 Å². The van der Waals surface area contributed by atoms with E-state index in [1.807, 2.05) is 0 Å². The zero-order valence-corrected chi connectivity index (χ0v) is 10.4. The lowest BCUT2D eigenvalue weighted by atomic mass is 10.2. The molecular formula is C8H4ClF2NO3S2. The minimum Gasteiger partial charge on any atom is -0.435 e. The van der Waals surface area contributed by atoms with Crippen molar-refractivity contribution in [2.45, 2.75) is 16.4 Å². The van der Waals surface area contributed by atoms with Crippen LogP contribution in [0.3, 0.4) is 0 Å². The number of thiol groups is 1. The van der Waals surface area contributed by atoms with E-state index >= 15 is 0 Å². The highest BCUT2D eigenvalue weighted by atomic mass is 35.7. The predicted octanol–water partition coefficient (Wildman–Crippen LogP) is 2.38. The third-order valence-electron chi connectivity index (χ3n) is 1.63. The Morgan fingerprint density at radius 1 is 1.47 bits per heavy atom. The first-order valence-corrected chi connectivity index (χ1v) is 6.68. The molecule has 4 nitrogen and oxygen atoms in total. The Hall–Kier alpha value is -1.04. The van der Waals surface area contributed by atoms with Gasteiger partial charge in [0.25, 0.3) is 9.05 Å². The standard InChI is InChI=1S/C8H4ClF2NO3S2/c9-17(13,14)7-4(3-12)1-5(2-6(7)16)15-8(10)11/h1-2,8,16H. The number of hydrogen-bond donors (Lipinski definition) is 1. The van der Waals surface area contributed by atoms with Gasteiger partial charge >= 0.3 is 6.61 Å². The van der Waals surface area contributed by atoms with Crippen molar-refractivity contribution in [1.82, 2.24) is 0 Å². The fourth-order valence-electron chi connectivity index (χ4n) is 1.10. The van der Waals surface area contributed by atoms with Crippen molar-refractivity contribution < 1.29 is 21.9 Å². The molecule has 0 aliphatic carbocycles. The number of hydrogen-bond acceptors (Lipinski definition) is 5. The molecule has 0 atom stereocenters. The second kappa shape index (κ2) is 5.08. The maximum Gasteiger partial charge on any atom is 0.387 e. The van der Waals surface area contributed by atoms with Gasteiger partial charge in [0.2, 0.25) is 0 Å². The number of rotatable bonds is 3. The summed E-state index contributed by atoms with van der Waals surface area (Å²) >= 11 is 3.77. The Labute approximate surface area is 106 Å².